The van der Waals surface area contributed by atoms with E-state index in [1.165, 1.54) is 18.6 Å². The lowest BCUT2D eigenvalue weighted by atomic mass is 10.2. The van der Waals surface area contributed by atoms with E-state index in [2.05, 4.69) is 15.0 Å². The second-order valence-electron chi connectivity index (χ2n) is 3.76. The zero-order chi connectivity index (χ0) is 11.1. The predicted molar refractivity (Wildman–Crippen MR) is 68.3 cm³/mol. The van der Waals surface area contributed by atoms with Crippen LogP contribution in [0.3, 0.4) is 0 Å². The normalized spacial score (nSPS) is 20.8. The lowest BCUT2D eigenvalue weighted by Crippen LogP contribution is -1.90. The Hall–Kier alpha value is -0.450. The molecule has 1 saturated heterocycles. The van der Waals surface area contributed by atoms with Crippen molar-refractivity contribution < 1.29 is 0 Å². The smallest absolute Gasteiger partial charge is 0.179 e. The van der Waals surface area contributed by atoms with Crippen LogP contribution in [0, 0.1) is 0 Å². The first-order valence-electron chi connectivity index (χ1n) is 5.07. The monoisotopic (exact) mass is 273 g/mol. The van der Waals surface area contributed by atoms with Crippen LogP contribution in [-0.2, 0) is 0 Å². The van der Waals surface area contributed by atoms with Crippen molar-refractivity contribution in [1.29, 1.82) is 0 Å². The number of imidazole rings is 1. The maximum Gasteiger partial charge on any atom is 0.179 e. The van der Waals surface area contributed by atoms with Gasteiger partial charge in [0.05, 0.1) is 15.8 Å². The van der Waals surface area contributed by atoms with E-state index in [1.54, 1.807) is 6.07 Å². The van der Waals surface area contributed by atoms with E-state index in [4.69, 9.17) is 23.2 Å². The number of aromatic nitrogens is 3. The van der Waals surface area contributed by atoms with Crippen LogP contribution in [-0.4, -0.2) is 20.7 Å². The van der Waals surface area contributed by atoms with Crippen molar-refractivity contribution in [3.8, 4) is 0 Å². The maximum absolute atomic E-state index is 5.91. The molecule has 1 N–H and O–H groups in total. The van der Waals surface area contributed by atoms with E-state index in [-0.39, 0.29) is 0 Å². The second-order valence-corrected chi connectivity index (χ2v) is 5.83. The van der Waals surface area contributed by atoms with Crippen molar-refractivity contribution in [2.24, 2.45) is 0 Å². The van der Waals surface area contributed by atoms with E-state index in [9.17, 15) is 0 Å². The zero-order valence-corrected chi connectivity index (χ0v) is 10.7. The molecule has 6 heteroatoms. The molecule has 1 aliphatic rings. The van der Waals surface area contributed by atoms with Crippen LogP contribution in [0.1, 0.15) is 23.9 Å². The summed E-state index contributed by atoms with van der Waals surface area (Å²) in [6.45, 7) is 0. The number of rotatable bonds is 1. The summed E-state index contributed by atoms with van der Waals surface area (Å²) in [6.07, 6.45) is 2.42. The zero-order valence-electron chi connectivity index (χ0n) is 8.33. The molecule has 0 amide bonds. The van der Waals surface area contributed by atoms with E-state index < -0.39 is 0 Å². The fourth-order valence-electron chi connectivity index (χ4n) is 1.86. The molecular weight excluding hydrogens is 265 g/mol. The summed E-state index contributed by atoms with van der Waals surface area (Å²) in [4.78, 5) is 11.9. The van der Waals surface area contributed by atoms with E-state index in [0.29, 0.717) is 21.1 Å². The van der Waals surface area contributed by atoms with Crippen LogP contribution in [0.5, 0.6) is 0 Å². The Morgan fingerprint density at radius 1 is 1.38 bits per heavy atom. The third-order valence-electron chi connectivity index (χ3n) is 2.64. The molecule has 1 fully saturated rings. The van der Waals surface area contributed by atoms with Gasteiger partial charge in [0.25, 0.3) is 0 Å². The number of hydrogen-bond acceptors (Lipinski definition) is 3. The SMILES string of the molecule is Clc1cc2[nH]c(C3CCCS3)nc2nc1Cl. The van der Waals surface area contributed by atoms with Gasteiger partial charge in [-0.15, -0.1) is 0 Å². The number of fused-ring (bicyclic) bond motifs is 1. The standard InChI is InChI=1S/C10H9Cl2N3S/c11-5-4-6-9(14-8(5)12)15-10(13-6)7-2-1-3-16-7/h4,7H,1-3H2,(H,13,14,15). The van der Waals surface area contributed by atoms with Crippen molar-refractivity contribution in [2.45, 2.75) is 18.1 Å². The van der Waals surface area contributed by atoms with Crippen LogP contribution in [0.2, 0.25) is 10.2 Å². The topological polar surface area (TPSA) is 41.6 Å². The molecule has 0 aliphatic carbocycles. The van der Waals surface area contributed by atoms with E-state index in [0.717, 1.165) is 11.3 Å². The summed E-state index contributed by atoms with van der Waals surface area (Å²) in [5.41, 5.74) is 1.51. The lowest BCUT2D eigenvalue weighted by Gasteiger charge is -2.01. The molecular formula is C10H9Cl2N3S. The average Bonchev–Trinajstić information content (AvgIpc) is 2.86. The summed E-state index contributed by atoms with van der Waals surface area (Å²) in [5.74, 6) is 2.19. The highest BCUT2D eigenvalue weighted by Crippen LogP contribution is 2.39. The number of pyridine rings is 1. The first-order valence-corrected chi connectivity index (χ1v) is 6.88. The third kappa shape index (κ3) is 1.79. The highest BCUT2D eigenvalue weighted by atomic mass is 35.5. The highest BCUT2D eigenvalue weighted by molar-refractivity contribution is 7.99. The molecule has 0 aromatic carbocycles. The van der Waals surface area contributed by atoms with Crippen LogP contribution in [0.4, 0.5) is 0 Å². The first kappa shape index (κ1) is 10.7. The minimum atomic E-state index is 0.311. The molecule has 2 aromatic rings. The Morgan fingerprint density at radius 3 is 3.00 bits per heavy atom. The van der Waals surface area contributed by atoms with Crippen molar-refractivity contribution >= 4 is 46.1 Å². The van der Waals surface area contributed by atoms with Crippen LogP contribution in [0.25, 0.3) is 11.2 Å². The molecule has 0 radical (unpaired) electrons. The van der Waals surface area contributed by atoms with E-state index >= 15 is 0 Å². The number of H-pyrrole nitrogens is 1. The summed E-state index contributed by atoms with van der Waals surface area (Å²) in [5, 5.41) is 1.24. The van der Waals surface area contributed by atoms with Gasteiger partial charge in [0.15, 0.2) is 5.65 Å². The summed E-state index contributed by atoms with van der Waals surface area (Å²) < 4.78 is 0. The van der Waals surface area contributed by atoms with Gasteiger partial charge in [-0.2, -0.15) is 11.8 Å². The number of nitrogens with zero attached hydrogens (tertiary/aromatic N) is 2. The van der Waals surface area contributed by atoms with Crippen molar-refractivity contribution in [2.75, 3.05) is 5.75 Å². The molecule has 16 heavy (non-hydrogen) atoms. The van der Waals surface area contributed by atoms with Gasteiger partial charge in [-0.3, -0.25) is 0 Å². The van der Waals surface area contributed by atoms with E-state index in [1.807, 2.05) is 11.8 Å². The Morgan fingerprint density at radius 2 is 2.25 bits per heavy atom. The molecule has 2 aromatic heterocycles. The quantitative estimate of drug-likeness (QED) is 0.803. The van der Waals surface area contributed by atoms with Gasteiger partial charge in [0.1, 0.15) is 11.0 Å². The van der Waals surface area contributed by atoms with Crippen molar-refractivity contribution in [3.05, 3.63) is 22.1 Å². The Bertz CT molecular complexity index is 495. The molecule has 3 rings (SSSR count). The molecule has 3 heterocycles. The predicted octanol–water partition coefficient (Wildman–Crippen LogP) is 3.83. The first-order chi connectivity index (χ1) is 7.74. The molecule has 0 spiro atoms. The number of halogens is 2. The third-order valence-corrected chi connectivity index (χ3v) is 4.70. The minimum Gasteiger partial charge on any atom is -0.340 e. The van der Waals surface area contributed by atoms with Gasteiger partial charge >= 0.3 is 0 Å². The van der Waals surface area contributed by atoms with Gasteiger partial charge in [-0.25, -0.2) is 9.97 Å². The Balaban J connectivity index is 2.08. The molecule has 84 valence electrons. The Labute approximate surface area is 107 Å². The largest absolute Gasteiger partial charge is 0.340 e. The van der Waals surface area contributed by atoms with Gasteiger partial charge in [0, 0.05) is 0 Å². The van der Waals surface area contributed by atoms with Crippen molar-refractivity contribution in [1.82, 2.24) is 15.0 Å². The lowest BCUT2D eigenvalue weighted by molar-refractivity contribution is 0.792. The molecule has 0 bridgehead atoms. The number of thioether (sulfide) groups is 1. The van der Waals surface area contributed by atoms with Gasteiger partial charge < -0.3 is 4.98 Å². The molecule has 1 unspecified atom stereocenters. The fraction of sp³-hybridized carbons (Fsp3) is 0.400. The fourth-order valence-corrected chi connectivity index (χ4v) is 3.37. The molecule has 1 atom stereocenters. The molecule has 1 aliphatic heterocycles. The average molecular weight is 274 g/mol. The van der Waals surface area contributed by atoms with Crippen molar-refractivity contribution in [3.63, 3.8) is 0 Å². The second kappa shape index (κ2) is 4.09. The number of hydrogen-bond donors (Lipinski definition) is 1. The van der Waals surface area contributed by atoms with Gasteiger partial charge in [-0.05, 0) is 24.7 Å². The summed E-state index contributed by atoms with van der Waals surface area (Å²) >= 11 is 13.7. The van der Waals surface area contributed by atoms with Crippen LogP contribution < -0.4 is 0 Å². The number of aromatic amines is 1. The van der Waals surface area contributed by atoms with Crippen LogP contribution >= 0.6 is 35.0 Å². The highest BCUT2D eigenvalue weighted by Gasteiger charge is 2.21. The van der Waals surface area contributed by atoms with Crippen LogP contribution in [0.15, 0.2) is 6.07 Å². The van der Waals surface area contributed by atoms with Gasteiger partial charge in [-0.1, -0.05) is 23.2 Å². The molecule has 0 saturated carbocycles. The maximum atomic E-state index is 5.91. The number of nitrogens with one attached hydrogen (secondary N) is 1. The molecule has 3 nitrogen and oxygen atoms in total. The summed E-state index contributed by atoms with van der Waals surface area (Å²) in [6, 6.07) is 1.78. The van der Waals surface area contributed by atoms with Gasteiger partial charge in [0.2, 0.25) is 0 Å². The minimum absolute atomic E-state index is 0.311. The summed E-state index contributed by atoms with van der Waals surface area (Å²) in [7, 11) is 0. The Kier molecular flexibility index (Phi) is 2.73.